The number of benzene rings is 2. The first-order valence-electron chi connectivity index (χ1n) is 10.9. The molecule has 2 fully saturated rings. The summed E-state index contributed by atoms with van der Waals surface area (Å²) < 4.78 is 11.6. The van der Waals surface area contributed by atoms with Gasteiger partial charge in [0.1, 0.15) is 5.75 Å². The lowest BCUT2D eigenvalue weighted by Gasteiger charge is -2.36. The summed E-state index contributed by atoms with van der Waals surface area (Å²) in [7, 11) is 0. The number of ether oxygens (including phenoxy) is 2. The monoisotopic (exact) mass is 393 g/mol. The lowest BCUT2D eigenvalue weighted by molar-refractivity contribution is -0.130. The number of carbonyl (C=O) groups excluding carboxylic acids is 1. The van der Waals surface area contributed by atoms with E-state index in [0.29, 0.717) is 25.9 Å². The highest BCUT2D eigenvalue weighted by atomic mass is 16.5. The van der Waals surface area contributed by atoms with Crippen molar-refractivity contribution in [1.82, 2.24) is 5.32 Å². The highest BCUT2D eigenvalue weighted by Crippen LogP contribution is 2.35. The second-order valence-corrected chi connectivity index (χ2v) is 8.27. The molecule has 4 heteroatoms. The van der Waals surface area contributed by atoms with Gasteiger partial charge in [0, 0.05) is 19.8 Å². The van der Waals surface area contributed by atoms with Gasteiger partial charge in [-0.1, -0.05) is 48.9 Å². The molecule has 0 radical (unpaired) electrons. The lowest BCUT2D eigenvalue weighted by atomic mass is 9.73. The number of nitrogens with one attached hydrogen (secondary N) is 1. The molecule has 2 aromatic rings. The van der Waals surface area contributed by atoms with Crippen LogP contribution in [-0.4, -0.2) is 25.2 Å². The summed E-state index contributed by atoms with van der Waals surface area (Å²) in [5.41, 5.74) is 1.67. The molecule has 1 heterocycles. The van der Waals surface area contributed by atoms with E-state index in [0.717, 1.165) is 42.6 Å². The minimum absolute atomic E-state index is 0.0922. The van der Waals surface area contributed by atoms with E-state index in [1.165, 1.54) is 19.3 Å². The van der Waals surface area contributed by atoms with E-state index in [9.17, 15) is 4.79 Å². The van der Waals surface area contributed by atoms with Crippen LogP contribution in [0.5, 0.6) is 5.75 Å². The molecule has 2 aliphatic rings. The van der Waals surface area contributed by atoms with Crippen molar-refractivity contribution in [1.29, 1.82) is 0 Å². The van der Waals surface area contributed by atoms with Crippen LogP contribution in [0.15, 0.2) is 54.6 Å². The average molecular weight is 394 g/mol. The smallest absolute Gasteiger partial charge is 0.231 e. The highest BCUT2D eigenvalue weighted by Gasteiger charge is 2.41. The van der Waals surface area contributed by atoms with E-state index in [-0.39, 0.29) is 5.91 Å². The Morgan fingerprint density at radius 1 is 0.966 bits per heavy atom. The molecule has 4 nitrogen and oxygen atoms in total. The number of hydrogen-bond donors (Lipinski definition) is 1. The Hall–Kier alpha value is -2.33. The highest BCUT2D eigenvalue weighted by molar-refractivity contribution is 5.88. The quantitative estimate of drug-likeness (QED) is 0.769. The number of carbonyl (C=O) groups is 1. The molecule has 0 aromatic heterocycles. The van der Waals surface area contributed by atoms with Crippen LogP contribution < -0.4 is 10.1 Å². The van der Waals surface area contributed by atoms with E-state index in [2.05, 4.69) is 29.6 Å². The molecule has 1 aliphatic carbocycles. The van der Waals surface area contributed by atoms with Gasteiger partial charge in [-0.15, -0.1) is 0 Å². The summed E-state index contributed by atoms with van der Waals surface area (Å²) >= 11 is 0. The van der Waals surface area contributed by atoms with Crippen LogP contribution >= 0.6 is 0 Å². The summed E-state index contributed by atoms with van der Waals surface area (Å²) in [6.07, 6.45) is 7.97. The van der Waals surface area contributed by atoms with Crippen molar-refractivity contribution in [3.05, 3.63) is 65.7 Å². The van der Waals surface area contributed by atoms with Crippen molar-refractivity contribution in [3.63, 3.8) is 0 Å². The zero-order valence-corrected chi connectivity index (χ0v) is 17.1. The lowest BCUT2D eigenvalue weighted by Crippen LogP contribution is -2.47. The molecular weight excluding hydrogens is 362 g/mol. The fourth-order valence-electron chi connectivity index (χ4n) is 4.54. The van der Waals surface area contributed by atoms with Crippen LogP contribution in [-0.2, 0) is 21.5 Å². The minimum atomic E-state index is -0.496. The van der Waals surface area contributed by atoms with E-state index < -0.39 is 5.41 Å². The molecule has 1 aliphatic heterocycles. The average Bonchev–Trinajstić information content (AvgIpc) is 2.80. The van der Waals surface area contributed by atoms with Gasteiger partial charge in [0.2, 0.25) is 5.91 Å². The number of amides is 1. The zero-order chi connectivity index (χ0) is 19.9. The van der Waals surface area contributed by atoms with Gasteiger partial charge in [-0.2, -0.15) is 0 Å². The second kappa shape index (κ2) is 9.45. The Balaban J connectivity index is 1.37. The second-order valence-electron chi connectivity index (χ2n) is 8.27. The summed E-state index contributed by atoms with van der Waals surface area (Å²) in [6, 6.07) is 18.3. The largest absolute Gasteiger partial charge is 0.490 e. The van der Waals surface area contributed by atoms with Gasteiger partial charge in [0.25, 0.3) is 0 Å². The maximum atomic E-state index is 13.2. The molecule has 2 aromatic carbocycles. The van der Waals surface area contributed by atoms with Gasteiger partial charge in [-0.05, 0) is 61.8 Å². The Morgan fingerprint density at radius 2 is 1.66 bits per heavy atom. The zero-order valence-electron chi connectivity index (χ0n) is 17.1. The van der Waals surface area contributed by atoms with Crippen LogP contribution in [0.2, 0.25) is 0 Å². The number of rotatable bonds is 6. The fraction of sp³-hybridized carbons (Fsp3) is 0.480. The molecular formula is C25H31NO3. The molecule has 0 atom stereocenters. The number of hydrogen-bond acceptors (Lipinski definition) is 3. The van der Waals surface area contributed by atoms with Gasteiger partial charge < -0.3 is 14.8 Å². The van der Waals surface area contributed by atoms with Crippen LogP contribution in [0.3, 0.4) is 0 Å². The predicted molar refractivity (Wildman–Crippen MR) is 114 cm³/mol. The Labute approximate surface area is 173 Å². The summed E-state index contributed by atoms with van der Waals surface area (Å²) in [5.74, 6) is 1.02. The van der Waals surface area contributed by atoms with Gasteiger partial charge in [0.15, 0.2) is 0 Å². The summed E-state index contributed by atoms with van der Waals surface area (Å²) in [6.45, 7) is 1.77. The van der Waals surface area contributed by atoms with E-state index in [1.807, 2.05) is 30.3 Å². The van der Waals surface area contributed by atoms with Crippen molar-refractivity contribution in [3.8, 4) is 5.75 Å². The minimum Gasteiger partial charge on any atom is -0.490 e. The molecule has 1 saturated heterocycles. The predicted octanol–water partition coefficient (Wildman–Crippen LogP) is 4.76. The third-order valence-electron chi connectivity index (χ3n) is 6.34. The van der Waals surface area contributed by atoms with Crippen LogP contribution in [0.4, 0.5) is 0 Å². The molecule has 154 valence electrons. The maximum absolute atomic E-state index is 13.2. The summed E-state index contributed by atoms with van der Waals surface area (Å²) in [5, 5.41) is 3.17. The standard InChI is InChI=1S/C25H31NO3/c27-24(25(15-17-28-18-16-25)21-7-3-1-4-8-21)26-19-20-11-13-23(14-12-20)29-22-9-5-2-6-10-22/h1,3-4,7-8,11-14,22H,2,5-6,9-10,15-19H2,(H,26,27). The Bertz CT molecular complexity index is 775. The summed E-state index contributed by atoms with van der Waals surface area (Å²) in [4.78, 5) is 13.2. The molecule has 0 unspecified atom stereocenters. The van der Waals surface area contributed by atoms with Crippen molar-refractivity contribution in [2.45, 2.75) is 63.0 Å². The van der Waals surface area contributed by atoms with Gasteiger partial charge in [-0.25, -0.2) is 0 Å². The van der Waals surface area contributed by atoms with Crippen LogP contribution in [0.1, 0.15) is 56.1 Å². The van der Waals surface area contributed by atoms with E-state index in [1.54, 1.807) is 0 Å². The Kier molecular flexibility index (Phi) is 6.50. The molecule has 0 bridgehead atoms. The third kappa shape index (κ3) is 4.81. The van der Waals surface area contributed by atoms with Crippen molar-refractivity contribution in [2.75, 3.05) is 13.2 Å². The van der Waals surface area contributed by atoms with Crippen molar-refractivity contribution in [2.24, 2.45) is 0 Å². The molecule has 0 spiro atoms. The SMILES string of the molecule is O=C(NCc1ccc(OC2CCCCC2)cc1)C1(c2ccccc2)CCOCC1. The van der Waals surface area contributed by atoms with Crippen LogP contribution in [0, 0.1) is 0 Å². The van der Waals surface area contributed by atoms with E-state index in [4.69, 9.17) is 9.47 Å². The third-order valence-corrected chi connectivity index (χ3v) is 6.34. The van der Waals surface area contributed by atoms with Crippen LogP contribution in [0.25, 0.3) is 0 Å². The van der Waals surface area contributed by atoms with Crippen molar-refractivity contribution >= 4 is 5.91 Å². The topological polar surface area (TPSA) is 47.6 Å². The van der Waals surface area contributed by atoms with E-state index >= 15 is 0 Å². The molecule has 1 amide bonds. The van der Waals surface area contributed by atoms with Gasteiger partial charge in [0.05, 0.1) is 11.5 Å². The molecule has 4 rings (SSSR count). The molecule has 29 heavy (non-hydrogen) atoms. The van der Waals surface area contributed by atoms with Gasteiger partial charge >= 0.3 is 0 Å². The van der Waals surface area contributed by atoms with Gasteiger partial charge in [-0.3, -0.25) is 4.79 Å². The normalized spacial score (nSPS) is 19.4. The first-order valence-corrected chi connectivity index (χ1v) is 10.9. The first-order chi connectivity index (χ1) is 14.3. The Morgan fingerprint density at radius 3 is 2.34 bits per heavy atom. The fourth-order valence-corrected chi connectivity index (χ4v) is 4.54. The first kappa shape index (κ1) is 20.0. The molecule has 1 saturated carbocycles. The molecule has 1 N–H and O–H groups in total. The van der Waals surface area contributed by atoms with Crippen molar-refractivity contribution < 1.29 is 14.3 Å². The maximum Gasteiger partial charge on any atom is 0.231 e.